The maximum absolute atomic E-state index is 13.5. The first kappa shape index (κ1) is 13.9. The zero-order chi connectivity index (χ0) is 14.2. The Morgan fingerprint density at radius 2 is 1.85 bits per heavy atom. The van der Waals surface area contributed by atoms with Gasteiger partial charge in [-0.1, -0.05) is 18.2 Å². The molecule has 1 N–H and O–H groups in total. The van der Waals surface area contributed by atoms with Crippen molar-refractivity contribution in [2.75, 3.05) is 26.2 Å². The summed E-state index contributed by atoms with van der Waals surface area (Å²) in [5, 5.41) is 5.48. The van der Waals surface area contributed by atoms with Crippen molar-refractivity contribution in [2.24, 2.45) is 0 Å². The van der Waals surface area contributed by atoms with Crippen molar-refractivity contribution in [3.05, 3.63) is 35.2 Å². The Balaban J connectivity index is 2.04. The van der Waals surface area contributed by atoms with E-state index in [-0.39, 0.29) is 0 Å². The molecule has 1 aromatic heterocycles. The Hall–Kier alpha value is -1.11. The van der Waals surface area contributed by atoms with Crippen LogP contribution in [-0.2, 0) is 0 Å². The van der Waals surface area contributed by atoms with E-state index < -0.39 is 12.2 Å². The lowest BCUT2D eigenvalue weighted by Gasteiger charge is -2.35. The highest BCUT2D eigenvalue weighted by molar-refractivity contribution is 7.17. The molecule has 1 aliphatic rings. The minimum absolute atomic E-state index is 0.389. The molecule has 0 radical (unpaired) electrons. The summed E-state index contributed by atoms with van der Waals surface area (Å²) in [6.07, 6.45) is -4.25. The van der Waals surface area contributed by atoms with Crippen LogP contribution in [0.1, 0.15) is 11.6 Å². The normalized spacial score (nSPS) is 19.4. The zero-order valence-corrected chi connectivity index (χ0v) is 11.6. The maximum Gasteiger partial charge on any atom is 0.408 e. The van der Waals surface area contributed by atoms with Crippen LogP contribution in [0.25, 0.3) is 10.1 Å². The maximum atomic E-state index is 13.5. The first-order valence-electron chi connectivity index (χ1n) is 6.55. The SMILES string of the molecule is FC(F)(F)[C@H](c1csc2ccccc12)N1CCNCC1. The minimum atomic E-state index is -4.25. The smallest absolute Gasteiger partial charge is 0.314 e. The van der Waals surface area contributed by atoms with Gasteiger partial charge in [0.15, 0.2) is 0 Å². The van der Waals surface area contributed by atoms with Crippen LogP contribution in [0.5, 0.6) is 0 Å². The number of hydrogen-bond donors (Lipinski definition) is 1. The molecule has 1 aromatic carbocycles. The standard InChI is InChI=1S/C14H15F3N2S/c15-14(16,17)13(19-7-5-18-6-8-19)11-9-20-12-4-2-1-3-10(11)12/h1-4,9,13,18H,5-8H2/t13-/m0/s1. The van der Waals surface area contributed by atoms with Gasteiger partial charge in [-0.3, -0.25) is 4.90 Å². The number of hydrogen-bond acceptors (Lipinski definition) is 3. The van der Waals surface area contributed by atoms with Gasteiger partial charge in [0.25, 0.3) is 0 Å². The second kappa shape index (κ2) is 5.35. The summed E-state index contributed by atoms with van der Waals surface area (Å²) in [6.45, 7) is 2.06. The Bertz CT molecular complexity index is 587. The lowest BCUT2D eigenvalue weighted by molar-refractivity contribution is -0.187. The van der Waals surface area contributed by atoms with Crippen LogP contribution < -0.4 is 5.32 Å². The third-order valence-electron chi connectivity index (χ3n) is 3.63. The molecule has 0 bridgehead atoms. The number of benzene rings is 1. The second-order valence-corrected chi connectivity index (χ2v) is 5.83. The van der Waals surface area contributed by atoms with Crippen molar-refractivity contribution in [1.82, 2.24) is 10.2 Å². The molecule has 1 fully saturated rings. The summed E-state index contributed by atoms with van der Waals surface area (Å²) in [4.78, 5) is 1.53. The summed E-state index contributed by atoms with van der Waals surface area (Å²) in [6, 6.07) is 5.80. The molecule has 3 rings (SSSR count). The van der Waals surface area contributed by atoms with Crippen LogP contribution in [0, 0.1) is 0 Å². The number of halogens is 3. The van der Waals surface area contributed by atoms with Crippen molar-refractivity contribution in [2.45, 2.75) is 12.2 Å². The molecular weight excluding hydrogens is 285 g/mol. The Morgan fingerprint density at radius 1 is 1.15 bits per heavy atom. The third kappa shape index (κ3) is 2.55. The highest BCUT2D eigenvalue weighted by Gasteiger charge is 2.45. The molecule has 0 aliphatic carbocycles. The van der Waals surface area contributed by atoms with E-state index in [9.17, 15) is 13.2 Å². The number of rotatable bonds is 2. The van der Waals surface area contributed by atoms with Crippen LogP contribution >= 0.6 is 11.3 Å². The van der Waals surface area contributed by atoms with E-state index in [0.717, 1.165) is 10.1 Å². The molecule has 2 nitrogen and oxygen atoms in total. The van der Waals surface area contributed by atoms with Crippen molar-refractivity contribution < 1.29 is 13.2 Å². The van der Waals surface area contributed by atoms with E-state index in [1.807, 2.05) is 12.1 Å². The summed E-state index contributed by atoms with van der Waals surface area (Å²) >= 11 is 1.38. The minimum Gasteiger partial charge on any atom is -0.314 e. The van der Waals surface area contributed by atoms with Gasteiger partial charge in [0.1, 0.15) is 6.04 Å². The topological polar surface area (TPSA) is 15.3 Å². The predicted octanol–water partition coefficient (Wildman–Crippen LogP) is 3.41. The van der Waals surface area contributed by atoms with Gasteiger partial charge >= 0.3 is 6.18 Å². The zero-order valence-electron chi connectivity index (χ0n) is 10.8. The number of nitrogens with zero attached hydrogens (tertiary/aromatic N) is 1. The van der Waals surface area contributed by atoms with E-state index in [0.29, 0.717) is 31.7 Å². The third-order valence-corrected chi connectivity index (χ3v) is 4.61. The van der Waals surface area contributed by atoms with E-state index in [2.05, 4.69) is 5.32 Å². The number of fused-ring (bicyclic) bond motifs is 1. The highest BCUT2D eigenvalue weighted by Crippen LogP contribution is 2.42. The molecule has 0 spiro atoms. The number of nitrogens with one attached hydrogen (secondary N) is 1. The van der Waals surface area contributed by atoms with Gasteiger partial charge in [0, 0.05) is 30.9 Å². The predicted molar refractivity (Wildman–Crippen MR) is 75.1 cm³/mol. The largest absolute Gasteiger partial charge is 0.408 e. The van der Waals surface area contributed by atoms with Crippen LogP contribution in [0.2, 0.25) is 0 Å². The lowest BCUT2D eigenvalue weighted by Crippen LogP contribution is -2.48. The van der Waals surface area contributed by atoms with Crippen LogP contribution in [0.3, 0.4) is 0 Å². The van der Waals surface area contributed by atoms with Crippen LogP contribution in [-0.4, -0.2) is 37.3 Å². The van der Waals surface area contributed by atoms with Gasteiger partial charge in [0.2, 0.25) is 0 Å². The average molecular weight is 300 g/mol. The Kier molecular flexibility index (Phi) is 3.70. The first-order valence-corrected chi connectivity index (χ1v) is 7.43. The van der Waals surface area contributed by atoms with E-state index in [1.54, 1.807) is 17.5 Å². The fraction of sp³-hybridized carbons (Fsp3) is 0.429. The van der Waals surface area contributed by atoms with Gasteiger partial charge in [-0.2, -0.15) is 13.2 Å². The number of thiophene rings is 1. The van der Waals surface area contributed by atoms with Gasteiger partial charge in [0.05, 0.1) is 0 Å². The molecule has 0 saturated carbocycles. The molecule has 2 aromatic rings. The van der Waals surface area contributed by atoms with Gasteiger partial charge in [-0.15, -0.1) is 11.3 Å². The van der Waals surface area contributed by atoms with Gasteiger partial charge in [-0.05, 0) is 22.4 Å². The van der Waals surface area contributed by atoms with E-state index in [1.165, 1.54) is 16.2 Å². The van der Waals surface area contributed by atoms with Gasteiger partial charge < -0.3 is 5.32 Å². The lowest BCUT2D eigenvalue weighted by atomic mass is 10.0. The van der Waals surface area contributed by atoms with Crippen LogP contribution in [0.15, 0.2) is 29.6 Å². The molecule has 1 saturated heterocycles. The molecule has 20 heavy (non-hydrogen) atoms. The molecule has 1 atom stereocenters. The molecule has 0 unspecified atom stereocenters. The second-order valence-electron chi connectivity index (χ2n) is 4.92. The molecule has 108 valence electrons. The fourth-order valence-corrected chi connectivity index (χ4v) is 3.71. The summed E-state index contributed by atoms with van der Waals surface area (Å²) in [5.41, 5.74) is 0.389. The van der Waals surface area contributed by atoms with E-state index in [4.69, 9.17) is 0 Å². The molecule has 6 heteroatoms. The summed E-state index contributed by atoms with van der Waals surface area (Å²) in [5.74, 6) is 0. The highest BCUT2D eigenvalue weighted by atomic mass is 32.1. The van der Waals surface area contributed by atoms with Crippen molar-refractivity contribution in [1.29, 1.82) is 0 Å². The van der Waals surface area contributed by atoms with E-state index >= 15 is 0 Å². The summed E-state index contributed by atoms with van der Waals surface area (Å²) < 4.78 is 41.5. The summed E-state index contributed by atoms with van der Waals surface area (Å²) in [7, 11) is 0. The average Bonchev–Trinajstić information content (AvgIpc) is 2.83. The van der Waals surface area contributed by atoms with Crippen LogP contribution in [0.4, 0.5) is 13.2 Å². The molecule has 0 amide bonds. The molecule has 2 heterocycles. The van der Waals surface area contributed by atoms with Gasteiger partial charge in [-0.25, -0.2) is 0 Å². The Morgan fingerprint density at radius 3 is 2.55 bits per heavy atom. The number of piperazine rings is 1. The van der Waals surface area contributed by atoms with Crippen molar-refractivity contribution in [3.8, 4) is 0 Å². The Labute approximate surface area is 119 Å². The quantitative estimate of drug-likeness (QED) is 0.914. The van der Waals surface area contributed by atoms with Crippen molar-refractivity contribution in [3.63, 3.8) is 0 Å². The number of alkyl halides is 3. The first-order chi connectivity index (χ1) is 9.57. The monoisotopic (exact) mass is 300 g/mol. The fourth-order valence-electron chi connectivity index (χ4n) is 2.73. The molecule has 1 aliphatic heterocycles. The van der Waals surface area contributed by atoms with Crippen molar-refractivity contribution >= 4 is 21.4 Å². The molecular formula is C14H15F3N2S.